The third kappa shape index (κ3) is 4.02. The van der Waals surface area contributed by atoms with Gasteiger partial charge in [0.2, 0.25) is 0 Å². The van der Waals surface area contributed by atoms with E-state index in [1.54, 1.807) is 18.5 Å². The summed E-state index contributed by atoms with van der Waals surface area (Å²) in [5.41, 5.74) is 0.542. The van der Waals surface area contributed by atoms with E-state index in [9.17, 15) is 4.39 Å². The van der Waals surface area contributed by atoms with Crippen molar-refractivity contribution >= 4 is 11.6 Å². The molecule has 1 aromatic carbocycles. The molecule has 1 heterocycles. The van der Waals surface area contributed by atoms with Crippen LogP contribution in [-0.2, 0) is 19.4 Å². The summed E-state index contributed by atoms with van der Waals surface area (Å²) < 4.78 is 15.8. The number of likely N-dealkylation sites (N-methyl/N-ethyl adjacent to an activating group) is 1. The molecule has 1 atom stereocenters. The van der Waals surface area contributed by atoms with Crippen LogP contribution in [0.15, 0.2) is 24.5 Å². The lowest BCUT2D eigenvalue weighted by molar-refractivity contribution is 0.492. The maximum Gasteiger partial charge on any atom is 0.138 e. The molecule has 0 aliphatic carbocycles. The molecular formula is C15H20ClFN4. The Hall–Kier alpha value is -1.46. The van der Waals surface area contributed by atoms with Crippen LogP contribution in [0.1, 0.15) is 24.7 Å². The molecule has 21 heavy (non-hydrogen) atoms. The van der Waals surface area contributed by atoms with Crippen LogP contribution in [0.2, 0.25) is 5.02 Å². The van der Waals surface area contributed by atoms with E-state index in [-0.39, 0.29) is 11.9 Å². The van der Waals surface area contributed by atoms with E-state index >= 15 is 0 Å². The topological polar surface area (TPSA) is 42.7 Å². The predicted octanol–water partition coefficient (Wildman–Crippen LogP) is 2.85. The summed E-state index contributed by atoms with van der Waals surface area (Å²) in [4.78, 5) is 4.29. The van der Waals surface area contributed by atoms with Crippen LogP contribution in [-0.4, -0.2) is 27.9 Å². The molecule has 6 heteroatoms. The van der Waals surface area contributed by atoms with Gasteiger partial charge in [-0.3, -0.25) is 4.68 Å². The van der Waals surface area contributed by atoms with E-state index in [0.29, 0.717) is 23.4 Å². The molecule has 1 unspecified atom stereocenters. The number of aryl methyl sites for hydroxylation is 1. The van der Waals surface area contributed by atoms with Crippen LogP contribution in [0.4, 0.5) is 4.39 Å². The predicted molar refractivity (Wildman–Crippen MR) is 82.0 cm³/mol. The SMILES string of the molecule is CCCn1ncnc1CC(Cc1c(F)cccc1Cl)NC. The van der Waals surface area contributed by atoms with Crippen LogP contribution >= 0.6 is 11.6 Å². The third-order valence-electron chi connectivity index (χ3n) is 3.48. The molecule has 2 rings (SSSR count). The van der Waals surface area contributed by atoms with Crippen molar-refractivity contribution in [1.82, 2.24) is 20.1 Å². The van der Waals surface area contributed by atoms with Gasteiger partial charge in [-0.05, 0) is 32.0 Å². The number of hydrogen-bond acceptors (Lipinski definition) is 3. The monoisotopic (exact) mass is 310 g/mol. The number of aromatic nitrogens is 3. The molecule has 1 N–H and O–H groups in total. The van der Waals surface area contributed by atoms with Gasteiger partial charge in [0.05, 0.1) is 0 Å². The molecule has 1 aromatic heterocycles. The highest BCUT2D eigenvalue weighted by molar-refractivity contribution is 6.31. The zero-order valence-electron chi connectivity index (χ0n) is 12.3. The summed E-state index contributed by atoms with van der Waals surface area (Å²) in [6.45, 7) is 2.94. The fourth-order valence-corrected chi connectivity index (χ4v) is 2.56. The Morgan fingerprint density at radius 2 is 2.19 bits per heavy atom. The van der Waals surface area contributed by atoms with Gasteiger partial charge in [0, 0.05) is 29.6 Å². The highest BCUT2D eigenvalue weighted by atomic mass is 35.5. The Morgan fingerprint density at radius 1 is 1.38 bits per heavy atom. The summed E-state index contributed by atoms with van der Waals surface area (Å²) >= 11 is 6.09. The normalized spacial score (nSPS) is 12.6. The standard InChI is InChI=1S/C15H20ClFN4/c1-3-7-21-15(19-10-20-21)9-11(18-2)8-12-13(16)5-4-6-14(12)17/h4-6,10-11,18H,3,7-9H2,1-2H3. The van der Waals surface area contributed by atoms with Crippen LogP contribution in [0.3, 0.4) is 0 Å². The second kappa shape index (κ2) is 7.52. The van der Waals surface area contributed by atoms with Gasteiger partial charge >= 0.3 is 0 Å². The minimum Gasteiger partial charge on any atom is -0.316 e. The zero-order valence-corrected chi connectivity index (χ0v) is 13.1. The van der Waals surface area contributed by atoms with Crippen molar-refractivity contribution < 1.29 is 4.39 Å². The Labute approximate surface area is 129 Å². The zero-order chi connectivity index (χ0) is 15.2. The van der Waals surface area contributed by atoms with E-state index in [1.807, 2.05) is 11.7 Å². The molecule has 114 valence electrons. The van der Waals surface area contributed by atoms with E-state index in [1.165, 1.54) is 6.07 Å². The summed E-state index contributed by atoms with van der Waals surface area (Å²) in [6.07, 6.45) is 3.76. The summed E-state index contributed by atoms with van der Waals surface area (Å²) in [6, 6.07) is 4.83. The Balaban J connectivity index is 2.11. The first-order valence-electron chi connectivity index (χ1n) is 7.12. The third-order valence-corrected chi connectivity index (χ3v) is 3.83. The largest absolute Gasteiger partial charge is 0.316 e. The molecule has 0 aliphatic heterocycles. The van der Waals surface area contributed by atoms with Crippen LogP contribution in [0.25, 0.3) is 0 Å². The Morgan fingerprint density at radius 3 is 2.86 bits per heavy atom. The molecule has 2 aromatic rings. The molecular weight excluding hydrogens is 291 g/mol. The number of nitrogens with one attached hydrogen (secondary N) is 1. The van der Waals surface area contributed by atoms with Crippen LogP contribution in [0, 0.1) is 5.82 Å². The molecule has 0 fully saturated rings. The number of hydrogen-bond donors (Lipinski definition) is 1. The van der Waals surface area contributed by atoms with Gasteiger partial charge in [0.15, 0.2) is 0 Å². The Bertz CT molecular complexity index is 565. The van der Waals surface area contributed by atoms with Crippen LogP contribution in [0.5, 0.6) is 0 Å². The maximum absolute atomic E-state index is 13.9. The molecule has 0 amide bonds. The van der Waals surface area contributed by atoms with Crippen molar-refractivity contribution in [3.05, 3.63) is 46.8 Å². The van der Waals surface area contributed by atoms with Crippen molar-refractivity contribution in [2.45, 2.75) is 38.8 Å². The number of nitrogens with zero attached hydrogens (tertiary/aromatic N) is 3. The minimum absolute atomic E-state index is 0.0548. The lowest BCUT2D eigenvalue weighted by atomic mass is 10.0. The number of benzene rings is 1. The van der Waals surface area contributed by atoms with Gasteiger partial charge in [0.25, 0.3) is 0 Å². The second-order valence-corrected chi connectivity index (χ2v) is 5.40. The average molecular weight is 311 g/mol. The summed E-state index contributed by atoms with van der Waals surface area (Å²) in [5, 5.41) is 7.88. The summed E-state index contributed by atoms with van der Waals surface area (Å²) in [5.74, 6) is 0.640. The molecule has 0 bridgehead atoms. The first-order chi connectivity index (χ1) is 10.2. The minimum atomic E-state index is -0.266. The molecule has 0 aliphatic rings. The number of halogens is 2. The van der Waals surface area contributed by atoms with E-state index in [0.717, 1.165) is 18.8 Å². The lowest BCUT2D eigenvalue weighted by Crippen LogP contribution is -2.31. The van der Waals surface area contributed by atoms with Gasteiger partial charge in [-0.15, -0.1) is 0 Å². The Kier molecular flexibility index (Phi) is 5.70. The molecule has 0 spiro atoms. The quantitative estimate of drug-likeness (QED) is 0.855. The van der Waals surface area contributed by atoms with E-state index in [4.69, 9.17) is 11.6 Å². The first-order valence-corrected chi connectivity index (χ1v) is 7.50. The molecule has 0 radical (unpaired) electrons. The summed E-state index contributed by atoms with van der Waals surface area (Å²) in [7, 11) is 1.86. The van der Waals surface area contributed by atoms with Crippen molar-refractivity contribution in [2.24, 2.45) is 0 Å². The maximum atomic E-state index is 13.9. The van der Waals surface area contributed by atoms with Gasteiger partial charge in [-0.2, -0.15) is 5.10 Å². The van der Waals surface area contributed by atoms with Gasteiger partial charge < -0.3 is 5.32 Å². The molecule has 0 saturated carbocycles. The molecule has 4 nitrogen and oxygen atoms in total. The van der Waals surface area contributed by atoms with Gasteiger partial charge in [-0.1, -0.05) is 24.6 Å². The highest BCUT2D eigenvalue weighted by Gasteiger charge is 2.16. The fraction of sp³-hybridized carbons (Fsp3) is 0.467. The van der Waals surface area contributed by atoms with Gasteiger partial charge in [-0.25, -0.2) is 9.37 Å². The van der Waals surface area contributed by atoms with Crippen molar-refractivity contribution in [1.29, 1.82) is 0 Å². The van der Waals surface area contributed by atoms with Crippen LogP contribution < -0.4 is 5.32 Å². The van der Waals surface area contributed by atoms with Gasteiger partial charge in [0.1, 0.15) is 18.0 Å². The first kappa shape index (κ1) is 15.9. The molecule has 0 saturated heterocycles. The average Bonchev–Trinajstić information content (AvgIpc) is 2.89. The highest BCUT2D eigenvalue weighted by Crippen LogP contribution is 2.21. The number of rotatable bonds is 7. The fourth-order valence-electron chi connectivity index (χ4n) is 2.32. The van der Waals surface area contributed by atoms with E-state index < -0.39 is 0 Å². The second-order valence-electron chi connectivity index (χ2n) is 4.99. The van der Waals surface area contributed by atoms with Crippen molar-refractivity contribution in [3.8, 4) is 0 Å². The van der Waals surface area contributed by atoms with Crippen molar-refractivity contribution in [2.75, 3.05) is 7.05 Å². The van der Waals surface area contributed by atoms with Crippen molar-refractivity contribution in [3.63, 3.8) is 0 Å². The van der Waals surface area contributed by atoms with E-state index in [2.05, 4.69) is 22.3 Å². The lowest BCUT2D eigenvalue weighted by Gasteiger charge is -2.17. The smallest absolute Gasteiger partial charge is 0.138 e.